The first-order chi connectivity index (χ1) is 8.99. The van der Waals surface area contributed by atoms with Crippen LogP contribution in [-0.4, -0.2) is 52.8 Å². The molecular weight excluding hydrogens is 257 g/mol. The molecule has 0 spiro atoms. The lowest BCUT2D eigenvalue weighted by Gasteiger charge is -2.31. The van der Waals surface area contributed by atoms with E-state index in [0.29, 0.717) is 0 Å². The minimum Gasteiger partial charge on any atom is -0.507 e. The second-order valence-corrected chi connectivity index (χ2v) is 4.11. The molecule has 1 unspecified atom stereocenters. The van der Waals surface area contributed by atoms with Crippen molar-refractivity contribution in [1.82, 2.24) is 4.90 Å². The summed E-state index contributed by atoms with van der Waals surface area (Å²) in [6, 6.07) is 3.03. The highest BCUT2D eigenvalue weighted by atomic mass is 19.1. The van der Waals surface area contributed by atoms with Gasteiger partial charge in [0, 0.05) is 6.54 Å². The van der Waals surface area contributed by atoms with Crippen molar-refractivity contribution in [3.05, 3.63) is 29.6 Å². The first-order valence-electron chi connectivity index (χ1n) is 5.61. The average molecular weight is 269 g/mol. The standard InChI is InChI=1S/C12H12FNO5/c13-7-1-2-9(15)8(5-7)11(16)14-3-4-19-10(6-14)12(17)18/h1-2,5,10,15H,3-4,6H2,(H,17,18). The largest absolute Gasteiger partial charge is 0.507 e. The summed E-state index contributed by atoms with van der Waals surface area (Å²) in [4.78, 5) is 24.1. The lowest BCUT2D eigenvalue weighted by Crippen LogP contribution is -2.48. The second-order valence-electron chi connectivity index (χ2n) is 4.11. The van der Waals surface area contributed by atoms with Crippen LogP contribution in [0.4, 0.5) is 4.39 Å². The molecule has 1 saturated heterocycles. The molecular formula is C12H12FNO5. The number of carboxylic acid groups (broad SMARTS) is 1. The van der Waals surface area contributed by atoms with Crippen LogP contribution < -0.4 is 0 Å². The van der Waals surface area contributed by atoms with Gasteiger partial charge in [-0.15, -0.1) is 0 Å². The maximum atomic E-state index is 13.1. The molecule has 1 aromatic rings. The number of carbonyl (C=O) groups is 2. The maximum absolute atomic E-state index is 13.1. The molecule has 0 aliphatic carbocycles. The molecule has 1 atom stereocenters. The van der Waals surface area contributed by atoms with E-state index in [9.17, 15) is 19.1 Å². The molecule has 1 aromatic carbocycles. The molecule has 19 heavy (non-hydrogen) atoms. The van der Waals surface area contributed by atoms with Crippen molar-refractivity contribution in [1.29, 1.82) is 0 Å². The van der Waals surface area contributed by atoms with Gasteiger partial charge in [0.2, 0.25) is 0 Å². The zero-order valence-corrected chi connectivity index (χ0v) is 9.88. The predicted octanol–water partition coefficient (Wildman–Crippen LogP) is 0.457. The van der Waals surface area contributed by atoms with E-state index in [2.05, 4.69) is 0 Å². The third-order valence-electron chi connectivity index (χ3n) is 2.82. The average Bonchev–Trinajstić information content (AvgIpc) is 2.41. The van der Waals surface area contributed by atoms with Crippen molar-refractivity contribution in [3.63, 3.8) is 0 Å². The van der Waals surface area contributed by atoms with Crippen molar-refractivity contribution in [2.75, 3.05) is 19.7 Å². The van der Waals surface area contributed by atoms with E-state index < -0.39 is 23.8 Å². The highest BCUT2D eigenvalue weighted by Gasteiger charge is 2.30. The van der Waals surface area contributed by atoms with E-state index >= 15 is 0 Å². The monoisotopic (exact) mass is 269 g/mol. The van der Waals surface area contributed by atoms with Crippen molar-refractivity contribution in [3.8, 4) is 5.75 Å². The molecule has 102 valence electrons. The lowest BCUT2D eigenvalue weighted by molar-refractivity contribution is -0.154. The molecule has 2 rings (SSSR count). The number of phenols is 1. The van der Waals surface area contributed by atoms with Crippen molar-refractivity contribution >= 4 is 11.9 Å². The maximum Gasteiger partial charge on any atom is 0.334 e. The number of amides is 1. The summed E-state index contributed by atoms with van der Waals surface area (Å²) in [5.74, 6) is -2.78. The molecule has 1 amide bonds. The Kier molecular flexibility index (Phi) is 3.66. The quantitative estimate of drug-likeness (QED) is 0.814. The molecule has 1 aliphatic rings. The molecule has 7 heteroatoms. The first-order valence-corrected chi connectivity index (χ1v) is 5.61. The Hall–Kier alpha value is -2.15. The SMILES string of the molecule is O=C(O)C1CN(C(=O)c2cc(F)ccc2O)CCO1. The highest BCUT2D eigenvalue weighted by Crippen LogP contribution is 2.21. The topological polar surface area (TPSA) is 87.1 Å². The number of nitrogens with zero attached hydrogens (tertiary/aromatic N) is 1. The minimum absolute atomic E-state index is 0.0821. The third-order valence-corrected chi connectivity index (χ3v) is 2.82. The van der Waals surface area contributed by atoms with Crippen molar-refractivity contribution < 1.29 is 28.9 Å². The van der Waals surface area contributed by atoms with Gasteiger partial charge < -0.3 is 19.8 Å². The van der Waals surface area contributed by atoms with Gasteiger partial charge in [-0.1, -0.05) is 0 Å². The number of benzene rings is 1. The zero-order chi connectivity index (χ0) is 14.0. The fourth-order valence-electron chi connectivity index (χ4n) is 1.83. The predicted molar refractivity (Wildman–Crippen MR) is 61.3 cm³/mol. The molecule has 0 radical (unpaired) electrons. The van der Waals surface area contributed by atoms with Gasteiger partial charge in [0.15, 0.2) is 6.10 Å². The van der Waals surface area contributed by atoms with E-state index in [1.165, 1.54) is 4.90 Å². The van der Waals surface area contributed by atoms with Gasteiger partial charge >= 0.3 is 5.97 Å². The van der Waals surface area contributed by atoms with Gasteiger partial charge in [-0.05, 0) is 18.2 Å². The third kappa shape index (κ3) is 2.82. The number of carboxylic acids is 1. The number of halogens is 1. The van der Waals surface area contributed by atoms with E-state index in [4.69, 9.17) is 9.84 Å². The summed E-state index contributed by atoms with van der Waals surface area (Å²) in [5, 5.41) is 18.4. The van der Waals surface area contributed by atoms with Gasteiger partial charge in [0.25, 0.3) is 5.91 Å². The van der Waals surface area contributed by atoms with E-state index in [1.807, 2.05) is 0 Å². The van der Waals surface area contributed by atoms with Crippen LogP contribution in [0.2, 0.25) is 0 Å². The minimum atomic E-state index is -1.17. The van der Waals surface area contributed by atoms with Crippen LogP contribution in [0.25, 0.3) is 0 Å². The lowest BCUT2D eigenvalue weighted by atomic mass is 10.1. The van der Waals surface area contributed by atoms with Gasteiger partial charge in [0.05, 0.1) is 18.7 Å². The smallest absolute Gasteiger partial charge is 0.334 e. The van der Waals surface area contributed by atoms with Crippen LogP contribution in [0.1, 0.15) is 10.4 Å². The van der Waals surface area contributed by atoms with Crippen LogP contribution in [-0.2, 0) is 9.53 Å². The molecule has 1 aliphatic heterocycles. The highest BCUT2D eigenvalue weighted by molar-refractivity contribution is 5.97. The number of phenolic OH excluding ortho intramolecular Hbond substituents is 1. The Balaban J connectivity index is 2.19. The number of morpholine rings is 1. The van der Waals surface area contributed by atoms with E-state index in [-0.39, 0.29) is 31.0 Å². The molecule has 0 saturated carbocycles. The van der Waals surface area contributed by atoms with Crippen molar-refractivity contribution in [2.45, 2.75) is 6.10 Å². The number of aromatic hydroxyl groups is 1. The Morgan fingerprint density at radius 1 is 1.42 bits per heavy atom. The van der Waals surface area contributed by atoms with Crippen LogP contribution in [0.5, 0.6) is 5.75 Å². The van der Waals surface area contributed by atoms with E-state index in [0.717, 1.165) is 18.2 Å². The normalized spacial score (nSPS) is 19.2. The number of aliphatic carboxylic acids is 1. The zero-order valence-electron chi connectivity index (χ0n) is 9.88. The molecule has 2 N–H and O–H groups in total. The Morgan fingerprint density at radius 3 is 2.84 bits per heavy atom. The number of hydrogen-bond acceptors (Lipinski definition) is 4. The number of carbonyl (C=O) groups excluding carboxylic acids is 1. The summed E-state index contributed by atoms with van der Waals surface area (Å²) in [6.07, 6.45) is -1.10. The van der Waals surface area contributed by atoms with Crippen LogP contribution in [0.3, 0.4) is 0 Å². The van der Waals surface area contributed by atoms with E-state index in [1.54, 1.807) is 0 Å². The Morgan fingerprint density at radius 2 is 2.16 bits per heavy atom. The van der Waals surface area contributed by atoms with Crippen LogP contribution in [0.15, 0.2) is 18.2 Å². The molecule has 1 fully saturated rings. The molecule has 6 nitrogen and oxygen atoms in total. The molecule has 0 aromatic heterocycles. The summed E-state index contributed by atoms with van der Waals surface area (Å²) in [6.45, 7) is 0.140. The number of ether oxygens (including phenoxy) is 1. The summed E-state index contributed by atoms with van der Waals surface area (Å²) >= 11 is 0. The molecule has 1 heterocycles. The fourth-order valence-corrected chi connectivity index (χ4v) is 1.83. The summed E-state index contributed by atoms with van der Waals surface area (Å²) in [5.41, 5.74) is -0.189. The molecule has 0 bridgehead atoms. The van der Waals surface area contributed by atoms with Gasteiger partial charge in [-0.3, -0.25) is 4.79 Å². The second kappa shape index (κ2) is 5.23. The number of rotatable bonds is 2. The van der Waals surface area contributed by atoms with Gasteiger partial charge in [-0.25, -0.2) is 9.18 Å². The van der Waals surface area contributed by atoms with Gasteiger partial charge in [-0.2, -0.15) is 0 Å². The van der Waals surface area contributed by atoms with Crippen LogP contribution in [0, 0.1) is 5.82 Å². The summed E-state index contributed by atoms with van der Waals surface area (Å²) in [7, 11) is 0. The van der Waals surface area contributed by atoms with Gasteiger partial charge in [0.1, 0.15) is 11.6 Å². The Labute approximate surface area is 108 Å². The summed E-state index contributed by atoms with van der Waals surface area (Å²) < 4.78 is 18.1. The number of hydrogen-bond donors (Lipinski definition) is 2. The van der Waals surface area contributed by atoms with Crippen molar-refractivity contribution in [2.24, 2.45) is 0 Å². The van der Waals surface area contributed by atoms with Crippen LogP contribution >= 0.6 is 0 Å². The first kappa shape index (κ1) is 13.3. The Bertz CT molecular complexity index is 519. The fraction of sp³-hybridized carbons (Fsp3) is 0.333.